The van der Waals surface area contributed by atoms with E-state index in [0.29, 0.717) is 34.2 Å². The summed E-state index contributed by atoms with van der Waals surface area (Å²) in [5, 5.41) is 131. The van der Waals surface area contributed by atoms with Crippen LogP contribution in [0.15, 0.2) is 98.6 Å². The number of carbonyl (C=O) groups is 6. The van der Waals surface area contributed by atoms with Gasteiger partial charge in [-0.15, -0.1) is 61.4 Å². The fourth-order valence-corrected chi connectivity index (χ4v) is 12.3. The van der Waals surface area contributed by atoms with Crippen molar-refractivity contribution in [3.05, 3.63) is 105 Å². The molecule has 0 aliphatic heterocycles. The van der Waals surface area contributed by atoms with Crippen LogP contribution in [0, 0.1) is 41.5 Å². The lowest BCUT2D eigenvalue weighted by atomic mass is 10.2. The van der Waals surface area contributed by atoms with E-state index in [1.807, 2.05) is 0 Å². The Balaban J connectivity index is 0.000000175. The molecule has 66 heteroatoms. The van der Waals surface area contributed by atoms with Crippen LogP contribution in [0.1, 0.15) is 96.3 Å². The molecular weight excluding hydrogens is 1810 g/mol. The zero-order chi connectivity index (χ0) is 100. The number of aromatic nitrogens is 33. The number of esters is 3. The number of Topliss-reactive ketones (excluding diaryl/α,β-unsaturated/α-hetero) is 3. The molecule has 0 radical (unpaired) electrons. The maximum Gasteiger partial charge on any atom is 0.343 e. The van der Waals surface area contributed by atoms with E-state index in [0.717, 1.165) is 4.68 Å². The summed E-state index contributed by atoms with van der Waals surface area (Å²) < 4.78 is 29.7. The van der Waals surface area contributed by atoms with Crippen molar-refractivity contribution in [1.29, 1.82) is 0 Å². The first-order chi connectivity index (χ1) is 65.8. The van der Waals surface area contributed by atoms with Crippen molar-refractivity contribution in [2.24, 2.45) is 104 Å². The molecule has 0 atom stereocenters. The Kier molecular flexibility index (Phi) is 27.7. The summed E-state index contributed by atoms with van der Waals surface area (Å²) in [6, 6.07) is 0. The highest BCUT2D eigenvalue weighted by Gasteiger charge is 2.30. The van der Waals surface area contributed by atoms with Crippen LogP contribution in [-0.2, 0) is 56.5 Å². The van der Waals surface area contributed by atoms with Crippen molar-refractivity contribution < 1.29 is 58.3 Å². The van der Waals surface area contributed by atoms with Gasteiger partial charge in [0.2, 0.25) is 17.8 Å². The highest BCUT2D eigenvalue weighted by molar-refractivity contribution is 6.02. The minimum atomic E-state index is -0.720. The quantitative estimate of drug-likeness (QED) is 0.0138. The highest BCUT2D eigenvalue weighted by atomic mass is 16.5. The van der Waals surface area contributed by atoms with E-state index in [4.69, 9.17) is 54.3 Å². The lowest BCUT2D eigenvalue weighted by molar-refractivity contribution is 0.0592. The second-order valence-electron chi connectivity index (χ2n) is 28.8. The Hall–Kier alpha value is -19.3. The number of ketones is 3. The molecule has 0 aliphatic carbocycles. The van der Waals surface area contributed by atoms with E-state index in [1.165, 1.54) is 110 Å². The number of nitrogens with one attached hydrogen (secondary N) is 1. The van der Waals surface area contributed by atoms with Crippen LogP contribution in [0.3, 0.4) is 0 Å². The molecule has 0 saturated heterocycles. The predicted octanol–water partition coefficient (Wildman–Crippen LogP) is 3.54. The molecule has 714 valence electrons. The van der Waals surface area contributed by atoms with Gasteiger partial charge in [0.1, 0.15) is 36.5 Å². The monoisotopic (exact) mass is 1900 g/mol. The second-order valence-corrected chi connectivity index (χ2v) is 28.8. The normalized spacial score (nSPS) is 11.7. The summed E-state index contributed by atoms with van der Waals surface area (Å²) in [7, 11) is 18.3. The average molecular weight is 1900 g/mol. The van der Waals surface area contributed by atoms with Crippen LogP contribution in [-0.4, -0.2) is 275 Å². The smallest absolute Gasteiger partial charge is 0.343 e. The highest BCUT2D eigenvalue weighted by Crippen LogP contribution is 2.39. The molecule has 0 bridgehead atoms. The SMILES string of the molecule is CNc1nc(-n2nc(C)c(N=Nc3c(C(=O)CO)cnn3C)c2N)nc(-n2nc(C)c(N=Nc3c(C(=O)OC)cnn3C)c2N)n1.COC(=O)c1cnn(C)c1N=Nc1c(C)nn(-c2nc(N(C)C)nc(-n3nc(C)c(N=Nc4c(C(=O)CO)cnn4C)c3N)n2)c1N.COC(=O)c1cnn(C)c1N=Nc1c(C)nn(-c2nc(N)nc(-n3nc(C)c(N=Nc4c(C(=O)CO)cnn4C)c3N)n2)c1N. The first-order valence-corrected chi connectivity index (χ1v) is 39.6. The molecule has 15 rings (SSSR count). The number of aliphatic hydroxyl groups is 3. The summed E-state index contributed by atoms with van der Waals surface area (Å²) in [4.78, 5) is 113. The first-order valence-electron chi connectivity index (χ1n) is 39.6. The molecule has 0 saturated carbocycles. The van der Waals surface area contributed by atoms with Gasteiger partial charge in [-0.3, -0.25) is 14.4 Å². The Morgan fingerprint density at radius 2 is 0.514 bits per heavy atom. The number of nitrogens with two attached hydrogens (primary N) is 7. The number of hydrogen-bond acceptors (Lipinski definition) is 54. The third-order valence-corrected chi connectivity index (χ3v) is 19.4. The standard InChI is InChI=1S/C25H30N18O4.C24H28N18O4.C23H26N18O4/c1-11-16(33-35-20-13(15(45)10-44)8-28-40(20)5)18(26)42(37-11)24-30-23(39(3)4)31-25(32-24)43-19(27)17(12(2)38-43)34-36-21-14(22(46)47-7)9-29-41(21)6;1-10-15(33-35-19-12(14(44)9-43)7-28-39(19)4)17(25)41(37-10)23-30-22(27-3)31-24(32-23)42-18(26)16(11(2)38-42)34-36-20-13(21(45)46-6)8-29-40(20)5;1-9-14(32-34-18-11(13(43)8-42)6-27-38(18)3)16(24)40(36-9)22-29-21(26)30-23(31-22)41-17(25)15(10(2)37-41)33-35-19-12(20(44)45-5)7-28-39(19)4/h8-9,44H,10,26-27H2,1-7H3;7-8,43H,9,25-26H2,1-6H3,(H,27,30,31,32);6-7,42H,8,24-25H2,1-5H3,(H2,26,29,30,31). The molecule has 15 heterocycles. The van der Waals surface area contributed by atoms with Gasteiger partial charge in [0.25, 0.3) is 35.7 Å². The van der Waals surface area contributed by atoms with Gasteiger partial charge in [0.15, 0.2) is 121 Å². The van der Waals surface area contributed by atoms with E-state index in [-0.39, 0.29) is 191 Å². The van der Waals surface area contributed by atoms with Crippen LogP contribution < -0.4 is 50.4 Å². The molecular formula is C72H84N54O12. The largest absolute Gasteiger partial charge is 0.465 e. The van der Waals surface area contributed by atoms with Crippen LogP contribution in [0.25, 0.3) is 35.7 Å². The van der Waals surface area contributed by atoms with E-state index < -0.39 is 55.1 Å². The molecule has 0 aromatic carbocycles. The van der Waals surface area contributed by atoms with E-state index in [2.05, 4.69) is 173 Å². The zero-order valence-electron chi connectivity index (χ0n) is 76.2. The van der Waals surface area contributed by atoms with Gasteiger partial charge in [-0.1, -0.05) is 0 Å². The summed E-state index contributed by atoms with van der Waals surface area (Å²) in [6.07, 6.45) is 7.78. The fraction of sp³-hybridized carbons (Fsp3) is 0.292. The lowest BCUT2D eigenvalue weighted by Crippen LogP contribution is -2.19. The van der Waals surface area contributed by atoms with Crippen LogP contribution in [0.4, 0.5) is 122 Å². The van der Waals surface area contributed by atoms with E-state index >= 15 is 0 Å². The number of nitrogen functional groups attached to an aromatic ring is 7. The lowest BCUT2D eigenvalue weighted by Gasteiger charge is -2.13. The summed E-state index contributed by atoms with van der Waals surface area (Å²) in [5.74, 6) is -2.76. The fourth-order valence-electron chi connectivity index (χ4n) is 12.3. The predicted molar refractivity (Wildman–Crippen MR) is 478 cm³/mol. The Morgan fingerprint density at radius 1 is 0.319 bits per heavy atom. The van der Waals surface area contributed by atoms with Crippen molar-refractivity contribution in [2.75, 3.05) is 113 Å². The number of methoxy groups -OCH3 is 3. The summed E-state index contributed by atoms with van der Waals surface area (Å²) >= 11 is 0. The number of carbonyl (C=O) groups excluding carboxylic acids is 6. The number of hydrogen-bond donors (Lipinski definition) is 11. The second kappa shape index (κ2) is 39.8. The minimum absolute atomic E-state index is 0.00176. The molecule has 0 aliphatic rings. The number of anilines is 9. The van der Waals surface area contributed by atoms with Crippen LogP contribution in [0.5, 0.6) is 0 Å². The summed E-state index contributed by atoms with van der Waals surface area (Å²) in [6.45, 7) is 7.71. The maximum atomic E-state index is 12.1. The number of aryl methyl sites for hydroxylation is 12. The summed E-state index contributed by atoms with van der Waals surface area (Å²) in [5.41, 5.74) is 48.2. The Labute approximate surface area is 772 Å². The Morgan fingerprint density at radius 3 is 0.710 bits per heavy atom. The zero-order valence-corrected chi connectivity index (χ0v) is 76.2. The van der Waals surface area contributed by atoms with Crippen molar-refractivity contribution in [3.8, 4) is 35.7 Å². The first kappa shape index (κ1) is 96.2. The number of rotatable bonds is 29. The third kappa shape index (κ3) is 19.0. The molecule has 18 N–H and O–H groups in total. The van der Waals surface area contributed by atoms with Crippen molar-refractivity contribution in [1.82, 2.24) is 162 Å². The van der Waals surface area contributed by atoms with Crippen molar-refractivity contribution in [3.63, 3.8) is 0 Å². The molecule has 0 amide bonds. The molecule has 15 aromatic heterocycles. The maximum absolute atomic E-state index is 12.1. The van der Waals surface area contributed by atoms with Gasteiger partial charge in [-0.05, 0) is 41.5 Å². The number of aliphatic hydroxyl groups excluding tert-OH is 3. The minimum Gasteiger partial charge on any atom is -0.465 e. The van der Waals surface area contributed by atoms with Gasteiger partial charge in [0.05, 0.1) is 109 Å². The molecule has 0 spiro atoms. The van der Waals surface area contributed by atoms with E-state index in [1.54, 1.807) is 110 Å². The average Bonchev–Trinajstić information content (AvgIpc) is 1.63. The Bertz CT molecular complexity index is 7060. The van der Waals surface area contributed by atoms with Gasteiger partial charge in [0, 0.05) is 63.4 Å². The van der Waals surface area contributed by atoms with Gasteiger partial charge in [-0.25, -0.2) is 42.5 Å². The van der Waals surface area contributed by atoms with Gasteiger partial charge in [-0.2, -0.15) is 134 Å². The van der Waals surface area contributed by atoms with Crippen LogP contribution >= 0.6 is 0 Å². The third-order valence-electron chi connectivity index (χ3n) is 19.4. The topological polar surface area (TPSA) is 866 Å². The number of ether oxygens (including phenoxy) is 3. The number of azo groups is 6. The molecule has 66 nitrogen and oxygen atoms in total. The van der Waals surface area contributed by atoms with Crippen molar-refractivity contribution >= 4 is 157 Å². The van der Waals surface area contributed by atoms with Gasteiger partial charge >= 0.3 is 17.9 Å². The van der Waals surface area contributed by atoms with Crippen molar-refractivity contribution in [2.45, 2.75) is 41.5 Å². The molecule has 15 aromatic rings. The molecule has 0 unspecified atom stereocenters. The van der Waals surface area contributed by atoms with Crippen LogP contribution in [0.2, 0.25) is 0 Å². The molecule has 138 heavy (non-hydrogen) atoms. The number of nitrogens with zero attached hydrogens (tertiary/aromatic N) is 46. The molecule has 0 fully saturated rings. The van der Waals surface area contributed by atoms with Gasteiger partial charge < -0.3 is 79.9 Å². The van der Waals surface area contributed by atoms with E-state index in [9.17, 15) is 44.1 Å².